The Kier molecular flexibility index (Phi) is 7.95. The van der Waals surface area contributed by atoms with E-state index in [1.807, 2.05) is 0 Å². The zero-order valence-electron chi connectivity index (χ0n) is 13.6. The minimum absolute atomic E-state index is 0.131. The van der Waals surface area contributed by atoms with E-state index >= 15 is 0 Å². The van der Waals surface area contributed by atoms with E-state index in [4.69, 9.17) is 9.05 Å². The van der Waals surface area contributed by atoms with Gasteiger partial charge >= 0.3 is 20.6 Å². The summed E-state index contributed by atoms with van der Waals surface area (Å²) in [5, 5.41) is 21.5. The summed E-state index contributed by atoms with van der Waals surface area (Å²) < 4.78 is 23.3. The van der Waals surface area contributed by atoms with Crippen molar-refractivity contribution in [2.45, 2.75) is 33.1 Å². The average Bonchev–Trinajstić information content (AvgIpc) is 2.47. The fourth-order valence-corrected chi connectivity index (χ4v) is 3.77. The van der Waals surface area contributed by atoms with Crippen LogP contribution >= 0.6 is 7.60 Å². The van der Waals surface area contributed by atoms with Gasteiger partial charge in [0.05, 0.1) is 18.5 Å². The highest BCUT2D eigenvalue weighted by Gasteiger charge is 2.27. The summed E-state index contributed by atoms with van der Waals surface area (Å²) in [5.74, 6) is -1.07. The third-order valence-corrected chi connectivity index (χ3v) is 5.11. The lowest BCUT2D eigenvalue weighted by atomic mass is 9.86. The number of hydrogen-bond acceptors (Lipinski definition) is 6. The Morgan fingerprint density at radius 2 is 1.96 bits per heavy atom. The number of nitrogens with one attached hydrogen (secondary N) is 1. The second kappa shape index (κ2) is 9.20. The van der Waals surface area contributed by atoms with Gasteiger partial charge in [-0.05, 0) is 44.8 Å². The minimum atomic E-state index is -3.41. The molecule has 1 aromatic rings. The molecule has 0 aliphatic carbocycles. The van der Waals surface area contributed by atoms with E-state index in [0.29, 0.717) is 10.9 Å². The van der Waals surface area contributed by atoms with Crippen LogP contribution in [0.2, 0.25) is 6.82 Å². The summed E-state index contributed by atoms with van der Waals surface area (Å²) in [6.45, 7) is 5.38. The topological polar surface area (TPSA) is 105 Å². The molecule has 0 saturated carbocycles. The van der Waals surface area contributed by atoms with Gasteiger partial charge in [-0.2, -0.15) is 0 Å². The normalized spacial score (nSPS) is 12.9. The van der Waals surface area contributed by atoms with Crippen molar-refractivity contribution < 1.29 is 28.5 Å². The molecule has 1 unspecified atom stereocenters. The Labute approximate surface area is 136 Å². The second-order valence-electron chi connectivity index (χ2n) is 4.94. The zero-order chi connectivity index (χ0) is 17.5. The molecule has 0 fully saturated rings. The van der Waals surface area contributed by atoms with Crippen LogP contribution in [0.5, 0.6) is 0 Å². The predicted octanol–water partition coefficient (Wildman–Crippen LogP) is 1.27. The van der Waals surface area contributed by atoms with E-state index < -0.39 is 26.7 Å². The SMILES string of the molecule is CCOP(=O)(OCC)c1cccc(CC(NB(C)O)C(=O)O)c1. The lowest BCUT2D eigenvalue weighted by Gasteiger charge is -2.19. The fraction of sp³-hybridized carbons (Fsp3) is 0.500. The van der Waals surface area contributed by atoms with Gasteiger partial charge in [-0.25, -0.2) is 0 Å². The van der Waals surface area contributed by atoms with Crippen LogP contribution in [-0.2, 0) is 24.8 Å². The molecule has 0 aromatic heterocycles. The lowest BCUT2D eigenvalue weighted by molar-refractivity contribution is -0.139. The molecule has 128 valence electrons. The molecule has 0 heterocycles. The van der Waals surface area contributed by atoms with Gasteiger partial charge in [-0.15, -0.1) is 0 Å². The Balaban J connectivity index is 3.03. The maximum Gasteiger partial charge on any atom is 0.374 e. The van der Waals surface area contributed by atoms with Gasteiger partial charge in [0.1, 0.15) is 6.04 Å². The number of rotatable bonds is 10. The first-order valence-corrected chi connectivity index (χ1v) is 9.02. The smallest absolute Gasteiger partial charge is 0.374 e. The molecule has 0 bridgehead atoms. The maximum absolute atomic E-state index is 12.7. The summed E-state index contributed by atoms with van der Waals surface area (Å²) in [5.41, 5.74) is 0.655. The van der Waals surface area contributed by atoms with Crippen LogP contribution in [0.15, 0.2) is 24.3 Å². The molecule has 0 aliphatic heterocycles. The molecular formula is C14H23BNO6P. The van der Waals surface area contributed by atoms with Crippen LogP contribution in [0.3, 0.4) is 0 Å². The number of carbonyl (C=O) groups is 1. The van der Waals surface area contributed by atoms with Crippen molar-refractivity contribution in [2.24, 2.45) is 0 Å². The molecule has 0 amide bonds. The second-order valence-corrected chi connectivity index (χ2v) is 6.97. The molecule has 0 radical (unpaired) electrons. The van der Waals surface area contributed by atoms with Gasteiger partial charge in [-0.1, -0.05) is 12.1 Å². The van der Waals surface area contributed by atoms with Crippen LogP contribution in [0.25, 0.3) is 0 Å². The highest BCUT2D eigenvalue weighted by Crippen LogP contribution is 2.46. The summed E-state index contributed by atoms with van der Waals surface area (Å²) in [7, 11) is -4.36. The largest absolute Gasteiger partial charge is 0.480 e. The van der Waals surface area contributed by atoms with E-state index in [2.05, 4.69) is 5.23 Å². The number of hydrogen-bond donors (Lipinski definition) is 3. The Hall–Kier alpha value is -1.18. The van der Waals surface area contributed by atoms with Crippen molar-refractivity contribution in [3.05, 3.63) is 29.8 Å². The van der Waals surface area contributed by atoms with Crippen LogP contribution in [0.1, 0.15) is 19.4 Å². The van der Waals surface area contributed by atoms with E-state index in [9.17, 15) is 19.5 Å². The van der Waals surface area contributed by atoms with Crippen molar-refractivity contribution in [1.29, 1.82) is 0 Å². The molecule has 0 saturated heterocycles. The molecule has 3 N–H and O–H groups in total. The van der Waals surface area contributed by atoms with Crippen LogP contribution in [0.4, 0.5) is 0 Å². The lowest BCUT2D eigenvalue weighted by Crippen LogP contribution is -2.46. The quantitative estimate of drug-likeness (QED) is 0.434. The van der Waals surface area contributed by atoms with E-state index in [0.717, 1.165) is 0 Å². The Bertz CT molecular complexity index is 558. The number of carboxylic acid groups (broad SMARTS) is 1. The standard InChI is InChI=1S/C14H23BNO6P/c1-4-21-23(20,22-5-2)12-8-6-7-11(9-12)10-13(14(17)18)16-15(3)19/h6-9,13,16,19H,4-5,10H2,1-3H3,(H,17,18). The summed E-state index contributed by atoms with van der Waals surface area (Å²) in [6.07, 6.45) is 0.131. The molecule has 7 nitrogen and oxygen atoms in total. The van der Waals surface area contributed by atoms with Crippen LogP contribution in [-0.4, -0.2) is 42.4 Å². The first-order valence-electron chi connectivity index (χ1n) is 7.48. The van der Waals surface area contributed by atoms with E-state index in [-0.39, 0.29) is 19.6 Å². The fourth-order valence-electron chi connectivity index (χ4n) is 2.12. The summed E-state index contributed by atoms with van der Waals surface area (Å²) in [4.78, 5) is 11.2. The molecule has 9 heteroatoms. The first-order chi connectivity index (χ1) is 10.8. The third-order valence-electron chi connectivity index (χ3n) is 3.01. The number of benzene rings is 1. The van der Waals surface area contributed by atoms with Gasteiger partial charge in [0, 0.05) is 0 Å². The predicted molar refractivity (Wildman–Crippen MR) is 89.0 cm³/mol. The molecule has 0 spiro atoms. The average molecular weight is 343 g/mol. The highest BCUT2D eigenvalue weighted by atomic mass is 31.2. The van der Waals surface area contributed by atoms with Gasteiger partial charge < -0.3 is 24.4 Å². The van der Waals surface area contributed by atoms with Crippen molar-refractivity contribution in [1.82, 2.24) is 5.23 Å². The minimum Gasteiger partial charge on any atom is -0.480 e. The molecule has 0 aliphatic rings. The highest BCUT2D eigenvalue weighted by molar-refractivity contribution is 7.62. The van der Waals surface area contributed by atoms with Crippen molar-refractivity contribution in [3.8, 4) is 0 Å². The summed E-state index contributed by atoms with van der Waals surface area (Å²) >= 11 is 0. The zero-order valence-corrected chi connectivity index (χ0v) is 14.5. The van der Waals surface area contributed by atoms with Crippen LogP contribution < -0.4 is 10.5 Å². The molecule has 1 atom stereocenters. The van der Waals surface area contributed by atoms with Gasteiger partial charge in [-0.3, -0.25) is 9.36 Å². The van der Waals surface area contributed by atoms with E-state index in [1.165, 1.54) is 6.82 Å². The van der Waals surface area contributed by atoms with Crippen molar-refractivity contribution >= 4 is 25.9 Å². The maximum atomic E-state index is 12.7. The molecular weight excluding hydrogens is 320 g/mol. The van der Waals surface area contributed by atoms with Crippen molar-refractivity contribution in [3.63, 3.8) is 0 Å². The number of aliphatic carboxylic acids is 1. The van der Waals surface area contributed by atoms with Gasteiger partial charge in [0.2, 0.25) is 0 Å². The molecule has 1 aromatic carbocycles. The number of carboxylic acids is 1. The molecule has 1 rings (SSSR count). The Morgan fingerprint density at radius 1 is 1.35 bits per heavy atom. The Morgan fingerprint density at radius 3 is 2.43 bits per heavy atom. The summed E-state index contributed by atoms with van der Waals surface area (Å²) in [6, 6.07) is 5.70. The van der Waals surface area contributed by atoms with Gasteiger partial charge in [0.15, 0.2) is 0 Å². The monoisotopic (exact) mass is 343 g/mol. The van der Waals surface area contributed by atoms with Crippen LogP contribution in [0, 0.1) is 0 Å². The van der Waals surface area contributed by atoms with E-state index in [1.54, 1.807) is 38.1 Å². The van der Waals surface area contributed by atoms with Gasteiger partial charge in [0.25, 0.3) is 0 Å². The third kappa shape index (κ3) is 6.09. The van der Waals surface area contributed by atoms with Crippen molar-refractivity contribution in [2.75, 3.05) is 13.2 Å². The first kappa shape index (κ1) is 19.9. The molecule has 23 heavy (non-hydrogen) atoms.